The Morgan fingerprint density at radius 1 is 0.273 bits per heavy atom. The van der Waals surface area contributed by atoms with Crippen LogP contribution in [0.5, 0.6) is 0 Å². The molecule has 0 rings (SSSR count). The Morgan fingerprint density at radius 3 is 0.857 bits per heavy atom. The highest BCUT2D eigenvalue weighted by Gasteiger charge is 2.19. The topological polar surface area (TPSA) is 78.9 Å². The Hall–Kier alpha value is -2.63. The van der Waals surface area contributed by atoms with Gasteiger partial charge in [-0.25, -0.2) is 0 Å². The molecule has 0 radical (unpaired) electrons. The summed E-state index contributed by atoms with van der Waals surface area (Å²) in [5, 5.41) is 0. The lowest BCUT2D eigenvalue weighted by Crippen LogP contribution is -2.30. The van der Waals surface area contributed by atoms with E-state index < -0.39 is 6.10 Å². The number of esters is 3. The molecule has 0 heterocycles. The first-order chi connectivity index (χ1) is 38.0. The van der Waals surface area contributed by atoms with Gasteiger partial charge in [-0.2, -0.15) is 0 Å². The summed E-state index contributed by atoms with van der Waals surface area (Å²) in [5.74, 6) is -0.879. The van der Waals surface area contributed by atoms with Crippen LogP contribution in [0.2, 0.25) is 0 Å². The maximum Gasteiger partial charge on any atom is 0.306 e. The first-order valence-corrected chi connectivity index (χ1v) is 34.1. The van der Waals surface area contributed by atoms with E-state index in [1.165, 1.54) is 231 Å². The van der Waals surface area contributed by atoms with Gasteiger partial charge < -0.3 is 14.2 Å². The first kappa shape index (κ1) is 74.4. The van der Waals surface area contributed by atoms with Crippen LogP contribution < -0.4 is 0 Å². The monoisotopic (exact) mass is 1080 g/mol. The van der Waals surface area contributed by atoms with E-state index in [9.17, 15) is 14.4 Å². The van der Waals surface area contributed by atoms with Gasteiger partial charge >= 0.3 is 17.9 Å². The smallest absolute Gasteiger partial charge is 0.306 e. The molecule has 77 heavy (non-hydrogen) atoms. The van der Waals surface area contributed by atoms with E-state index in [2.05, 4.69) is 69.4 Å². The minimum atomic E-state index is -0.780. The predicted molar refractivity (Wildman–Crippen MR) is 335 cm³/mol. The third-order valence-electron chi connectivity index (χ3n) is 15.3. The van der Waals surface area contributed by atoms with Crippen molar-refractivity contribution in [3.63, 3.8) is 0 Å². The average molecular weight is 1080 g/mol. The molecule has 6 heteroatoms. The molecule has 0 N–H and O–H groups in total. The highest BCUT2D eigenvalue weighted by molar-refractivity contribution is 5.71. The van der Waals surface area contributed by atoms with E-state index in [0.29, 0.717) is 19.3 Å². The largest absolute Gasteiger partial charge is 0.462 e. The molecule has 0 amide bonds. The van der Waals surface area contributed by atoms with Crippen LogP contribution in [0.4, 0.5) is 0 Å². The number of carbonyl (C=O) groups excluding carboxylic acids is 3. The summed E-state index contributed by atoms with van der Waals surface area (Å²) in [6.07, 6.45) is 83.1. The van der Waals surface area contributed by atoms with Crippen molar-refractivity contribution in [2.24, 2.45) is 0 Å². The summed E-state index contributed by atoms with van der Waals surface area (Å²) < 4.78 is 16.9. The van der Waals surface area contributed by atoms with Crippen LogP contribution in [-0.2, 0) is 28.6 Å². The molecular weight excluding hydrogens is 949 g/mol. The van der Waals surface area contributed by atoms with Crippen LogP contribution in [-0.4, -0.2) is 37.2 Å². The Bertz CT molecular complexity index is 1330. The standard InChI is InChI=1S/C71H130O6/c1-4-7-10-13-16-19-22-24-26-28-29-30-31-32-33-34-35-36-37-38-39-40-41-42-44-45-47-49-52-55-58-61-64-70(73)76-67-68(66-75-69(72)63-60-57-54-51-21-18-15-12-9-6-3)77-71(74)65-62-59-56-53-50-48-46-43-27-25-23-20-17-14-11-8-5-2/h8,11-12,15,17,20,25,27,68H,4-7,9-10,13-14,16,18-19,21-24,26,28-67H2,1-3H3/b11-8-,15-12-,20-17-,27-25-. The Labute approximate surface area is 479 Å². The van der Waals surface area contributed by atoms with Gasteiger partial charge in [-0.3, -0.25) is 14.4 Å². The highest BCUT2D eigenvalue weighted by Crippen LogP contribution is 2.18. The molecular formula is C71H130O6. The zero-order valence-corrected chi connectivity index (χ0v) is 51.7. The summed E-state index contributed by atoms with van der Waals surface area (Å²) in [6, 6.07) is 0. The molecule has 0 bridgehead atoms. The zero-order chi connectivity index (χ0) is 55.7. The maximum absolute atomic E-state index is 12.9. The molecule has 0 saturated heterocycles. The fraction of sp³-hybridized carbons (Fsp3) is 0.845. The molecule has 450 valence electrons. The third kappa shape index (κ3) is 64.1. The molecule has 0 aliphatic rings. The second-order valence-corrected chi connectivity index (χ2v) is 23.1. The maximum atomic E-state index is 12.9. The highest BCUT2D eigenvalue weighted by atomic mass is 16.6. The summed E-state index contributed by atoms with van der Waals surface area (Å²) >= 11 is 0. The van der Waals surface area contributed by atoms with Gasteiger partial charge in [-0.15, -0.1) is 0 Å². The van der Waals surface area contributed by atoms with Gasteiger partial charge in [-0.1, -0.05) is 326 Å². The van der Waals surface area contributed by atoms with Crippen LogP contribution in [0.25, 0.3) is 0 Å². The van der Waals surface area contributed by atoms with Crippen molar-refractivity contribution >= 4 is 17.9 Å². The van der Waals surface area contributed by atoms with Crippen molar-refractivity contribution in [3.05, 3.63) is 48.6 Å². The van der Waals surface area contributed by atoms with Gasteiger partial charge in [0.15, 0.2) is 6.10 Å². The Balaban J connectivity index is 4.05. The fourth-order valence-electron chi connectivity index (χ4n) is 10.2. The molecule has 0 saturated carbocycles. The van der Waals surface area contributed by atoms with Gasteiger partial charge in [0, 0.05) is 19.3 Å². The summed E-state index contributed by atoms with van der Waals surface area (Å²) in [6.45, 7) is 6.51. The minimum absolute atomic E-state index is 0.0767. The van der Waals surface area contributed by atoms with Gasteiger partial charge in [0.25, 0.3) is 0 Å². The summed E-state index contributed by atoms with van der Waals surface area (Å²) in [4.78, 5) is 38.2. The molecule has 0 aromatic heterocycles. The van der Waals surface area contributed by atoms with Crippen molar-refractivity contribution in [1.29, 1.82) is 0 Å². The van der Waals surface area contributed by atoms with Crippen molar-refractivity contribution in [2.75, 3.05) is 13.2 Å². The molecule has 0 aromatic rings. The number of ether oxygens (including phenoxy) is 3. The minimum Gasteiger partial charge on any atom is -0.462 e. The van der Waals surface area contributed by atoms with Gasteiger partial charge in [-0.05, 0) is 70.6 Å². The van der Waals surface area contributed by atoms with Crippen molar-refractivity contribution < 1.29 is 28.6 Å². The molecule has 0 aliphatic carbocycles. The molecule has 1 unspecified atom stereocenters. The molecule has 6 nitrogen and oxygen atoms in total. The lowest BCUT2D eigenvalue weighted by molar-refractivity contribution is -0.167. The quantitative estimate of drug-likeness (QED) is 0.0261. The van der Waals surface area contributed by atoms with E-state index in [-0.39, 0.29) is 31.1 Å². The number of allylic oxidation sites excluding steroid dienone is 8. The average Bonchev–Trinajstić information content (AvgIpc) is 3.43. The van der Waals surface area contributed by atoms with Crippen molar-refractivity contribution in [1.82, 2.24) is 0 Å². The van der Waals surface area contributed by atoms with E-state index in [1.807, 2.05) is 0 Å². The number of unbranched alkanes of at least 4 members (excludes halogenated alkanes) is 44. The fourth-order valence-corrected chi connectivity index (χ4v) is 10.2. The van der Waals surface area contributed by atoms with Crippen molar-refractivity contribution in [2.45, 2.75) is 374 Å². The number of hydrogen-bond acceptors (Lipinski definition) is 6. The number of hydrogen-bond donors (Lipinski definition) is 0. The Morgan fingerprint density at radius 2 is 0.532 bits per heavy atom. The van der Waals surface area contributed by atoms with Crippen molar-refractivity contribution in [3.8, 4) is 0 Å². The number of carbonyl (C=O) groups is 3. The van der Waals surface area contributed by atoms with Crippen LogP contribution in [0.15, 0.2) is 48.6 Å². The molecule has 0 aromatic carbocycles. The van der Waals surface area contributed by atoms with Gasteiger partial charge in [0.2, 0.25) is 0 Å². The first-order valence-electron chi connectivity index (χ1n) is 34.1. The number of rotatable bonds is 63. The third-order valence-corrected chi connectivity index (χ3v) is 15.3. The zero-order valence-electron chi connectivity index (χ0n) is 51.7. The van der Waals surface area contributed by atoms with Crippen LogP contribution in [0, 0.1) is 0 Å². The van der Waals surface area contributed by atoms with Gasteiger partial charge in [0.1, 0.15) is 13.2 Å². The lowest BCUT2D eigenvalue weighted by Gasteiger charge is -2.18. The molecule has 1 atom stereocenters. The summed E-state index contributed by atoms with van der Waals surface area (Å²) in [5.41, 5.74) is 0. The van der Waals surface area contributed by atoms with Crippen LogP contribution in [0.3, 0.4) is 0 Å². The van der Waals surface area contributed by atoms with E-state index in [0.717, 1.165) is 96.3 Å². The second kappa shape index (κ2) is 65.9. The Kier molecular flexibility index (Phi) is 63.6. The molecule has 0 fully saturated rings. The van der Waals surface area contributed by atoms with Crippen LogP contribution >= 0.6 is 0 Å². The predicted octanol–water partition coefficient (Wildman–Crippen LogP) is 23.3. The van der Waals surface area contributed by atoms with E-state index in [4.69, 9.17) is 14.2 Å². The molecule has 0 spiro atoms. The van der Waals surface area contributed by atoms with Crippen LogP contribution in [0.1, 0.15) is 367 Å². The lowest BCUT2D eigenvalue weighted by atomic mass is 10.0. The summed E-state index contributed by atoms with van der Waals surface area (Å²) in [7, 11) is 0. The normalized spacial score (nSPS) is 12.3. The SMILES string of the molecule is CC/C=C\C/C=C\C/C=C\CCCCCCCCCC(=O)OC(COC(=O)CCCCCCC/C=C\CCC)COC(=O)CCCCCCCCCCCCCCCCCCCCCCCCCCCCCCCCCC. The van der Waals surface area contributed by atoms with E-state index >= 15 is 0 Å². The second-order valence-electron chi connectivity index (χ2n) is 23.1. The van der Waals surface area contributed by atoms with E-state index in [1.54, 1.807) is 0 Å². The molecule has 0 aliphatic heterocycles. The van der Waals surface area contributed by atoms with Gasteiger partial charge in [0.05, 0.1) is 0 Å².